The molecule has 1 N–H and O–H groups in total. The number of carbonyl (C=O) groups is 2. The van der Waals surface area contributed by atoms with Crippen LogP contribution in [0.5, 0.6) is 0 Å². The van der Waals surface area contributed by atoms with Gasteiger partial charge >= 0.3 is 6.03 Å². The lowest BCUT2D eigenvalue weighted by molar-refractivity contribution is 0.101. The fourth-order valence-corrected chi connectivity index (χ4v) is 3.23. The van der Waals surface area contributed by atoms with Crippen molar-refractivity contribution < 1.29 is 9.59 Å². The molecule has 2 aromatic rings. The zero-order chi connectivity index (χ0) is 16.4. The first-order valence-corrected chi connectivity index (χ1v) is 8.31. The Kier molecular flexibility index (Phi) is 4.38. The molecule has 7 heteroatoms. The van der Waals surface area contributed by atoms with E-state index in [1.165, 1.54) is 18.3 Å². The molecule has 1 aliphatic rings. The minimum atomic E-state index is -0.173. The van der Waals surface area contributed by atoms with Crippen molar-refractivity contribution in [2.24, 2.45) is 0 Å². The minimum absolute atomic E-state index is 0.0879. The van der Waals surface area contributed by atoms with E-state index in [1.54, 1.807) is 12.4 Å². The highest BCUT2D eigenvalue weighted by atomic mass is 32.1. The first kappa shape index (κ1) is 15.6. The third-order valence-electron chi connectivity index (χ3n) is 3.69. The fraction of sp³-hybridized carbons (Fsp3) is 0.375. The second kappa shape index (κ2) is 6.45. The summed E-state index contributed by atoms with van der Waals surface area (Å²) in [6, 6.07) is 3.92. The Bertz CT molecular complexity index is 725. The molecular formula is C16H18N4O2S. The Hall–Kier alpha value is -2.28. The number of hydrogen-bond acceptors (Lipinski definition) is 5. The van der Waals surface area contributed by atoms with Crippen molar-refractivity contribution in [1.82, 2.24) is 14.9 Å². The molecule has 2 aromatic heterocycles. The van der Waals surface area contributed by atoms with Crippen LogP contribution in [-0.2, 0) is 6.54 Å². The Balaban J connectivity index is 1.72. The maximum absolute atomic E-state index is 12.6. The topological polar surface area (TPSA) is 75.2 Å². The lowest BCUT2D eigenvalue weighted by Crippen LogP contribution is -2.36. The van der Waals surface area contributed by atoms with E-state index in [0.29, 0.717) is 17.4 Å². The van der Waals surface area contributed by atoms with E-state index in [2.05, 4.69) is 15.3 Å². The van der Waals surface area contributed by atoms with Gasteiger partial charge in [0.05, 0.1) is 0 Å². The third-order valence-corrected chi connectivity index (χ3v) is 4.58. The SMILES string of the molecule is CC(=O)c1nc(NC(=O)N(Cc2ccncc2)C2CC2)sc1C. The standard InChI is InChI=1S/C16H18N4O2S/c1-10(21)14-11(2)23-15(18-14)19-16(22)20(13-3-4-13)9-12-5-7-17-8-6-12/h5-8,13H,3-4,9H2,1-2H3,(H,18,19,22). The van der Waals surface area contributed by atoms with Gasteiger partial charge in [0.2, 0.25) is 0 Å². The van der Waals surface area contributed by atoms with E-state index in [1.807, 2.05) is 24.0 Å². The zero-order valence-electron chi connectivity index (χ0n) is 13.1. The summed E-state index contributed by atoms with van der Waals surface area (Å²) in [7, 11) is 0. The molecule has 1 aliphatic carbocycles. The fourth-order valence-electron chi connectivity index (χ4n) is 2.38. The average Bonchev–Trinajstić information content (AvgIpc) is 3.29. The van der Waals surface area contributed by atoms with E-state index in [9.17, 15) is 9.59 Å². The number of aryl methyl sites for hydroxylation is 1. The van der Waals surface area contributed by atoms with Crippen LogP contribution >= 0.6 is 11.3 Å². The zero-order valence-corrected chi connectivity index (χ0v) is 13.9. The van der Waals surface area contributed by atoms with Crippen LogP contribution in [0.4, 0.5) is 9.93 Å². The van der Waals surface area contributed by atoms with Crippen molar-refractivity contribution in [3.63, 3.8) is 0 Å². The number of amides is 2. The largest absolute Gasteiger partial charge is 0.324 e. The van der Waals surface area contributed by atoms with Gasteiger partial charge in [-0.3, -0.25) is 15.1 Å². The number of nitrogens with one attached hydrogen (secondary N) is 1. The summed E-state index contributed by atoms with van der Waals surface area (Å²) in [6.45, 7) is 3.86. The molecule has 23 heavy (non-hydrogen) atoms. The minimum Gasteiger partial charge on any atom is -0.317 e. The van der Waals surface area contributed by atoms with Crippen molar-refractivity contribution in [1.29, 1.82) is 0 Å². The number of aromatic nitrogens is 2. The summed E-state index contributed by atoms with van der Waals surface area (Å²) < 4.78 is 0. The van der Waals surface area contributed by atoms with Gasteiger partial charge in [-0.05, 0) is 37.5 Å². The first-order chi connectivity index (χ1) is 11.0. The smallest absolute Gasteiger partial charge is 0.317 e. The monoisotopic (exact) mass is 330 g/mol. The molecule has 0 unspecified atom stereocenters. The van der Waals surface area contributed by atoms with Crippen molar-refractivity contribution in [3.05, 3.63) is 40.7 Å². The summed E-state index contributed by atoms with van der Waals surface area (Å²) >= 11 is 1.33. The second-order valence-electron chi connectivity index (χ2n) is 5.62. The summed E-state index contributed by atoms with van der Waals surface area (Å²) in [6.07, 6.45) is 5.49. The van der Waals surface area contributed by atoms with Crippen molar-refractivity contribution in [2.45, 2.75) is 39.3 Å². The van der Waals surface area contributed by atoms with Gasteiger partial charge < -0.3 is 4.90 Å². The van der Waals surface area contributed by atoms with Gasteiger partial charge in [-0.1, -0.05) is 0 Å². The van der Waals surface area contributed by atoms with Gasteiger partial charge in [0.1, 0.15) is 5.69 Å². The molecule has 0 aromatic carbocycles. The van der Waals surface area contributed by atoms with Crippen LogP contribution in [0.1, 0.15) is 40.7 Å². The predicted octanol–water partition coefficient (Wildman–Crippen LogP) is 3.25. The summed E-state index contributed by atoms with van der Waals surface area (Å²) in [5.41, 5.74) is 1.47. The van der Waals surface area contributed by atoms with Crippen LogP contribution in [0.25, 0.3) is 0 Å². The molecule has 2 amide bonds. The van der Waals surface area contributed by atoms with Crippen LogP contribution in [0.15, 0.2) is 24.5 Å². The van der Waals surface area contributed by atoms with Gasteiger partial charge in [-0.25, -0.2) is 9.78 Å². The molecule has 120 valence electrons. The van der Waals surface area contributed by atoms with Crippen LogP contribution in [-0.4, -0.2) is 32.7 Å². The summed E-state index contributed by atoms with van der Waals surface area (Å²) in [5, 5.41) is 3.30. The summed E-state index contributed by atoms with van der Waals surface area (Å²) in [4.78, 5) is 34.9. The van der Waals surface area contributed by atoms with Gasteiger partial charge in [0.15, 0.2) is 10.9 Å². The molecule has 0 spiro atoms. The molecule has 2 heterocycles. The molecule has 6 nitrogen and oxygen atoms in total. The van der Waals surface area contributed by atoms with E-state index in [0.717, 1.165) is 23.3 Å². The number of urea groups is 1. The van der Waals surface area contributed by atoms with E-state index in [-0.39, 0.29) is 17.9 Å². The molecule has 0 atom stereocenters. The number of nitrogens with zero attached hydrogens (tertiary/aromatic N) is 3. The Labute approximate surface area is 138 Å². The number of Topliss-reactive ketones (excluding diaryl/α,β-unsaturated/α-hetero) is 1. The Morgan fingerprint density at radius 3 is 2.61 bits per heavy atom. The van der Waals surface area contributed by atoms with E-state index in [4.69, 9.17) is 0 Å². The van der Waals surface area contributed by atoms with Crippen molar-refractivity contribution >= 4 is 28.3 Å². The number of carbonyl (C=O) groups excluding carboxylic acids is 2. The first-order valence-electron chi connectivity index (χ1n) is 7.49. The van der Waals surface area contributed by atoms with Crippen LogP contribution < -0.4 is 5.32 Å². The Morgan fingerprint density at radius 1 is 1.35 bits per heavy atom. The van der Waals surface area contributed by atoms with Crippen molar-refractivity contribution in [3.8, 4) is 0 Å². The van der Waals surface area contributed by atoms with Crippen molar-refractivity contribution in [2.75, 3.05) is 5.32 Å². The number of ketones is 1. The summed E-state index contributed by atoms with van der Waals surface area (Å²) in [5.74, 6) is -0.0879. The molecule has 1 fully saturated rings. The number of thiazole rings is 1. The molecular weight excluding hydrogens is 312 g/mol. The van der Waals surface area contributed by atoms with Crippen LogP contribution in [0.3, 0.4) is 0 Å². The molecule has 0 aliphatic heterocycles. The number of pyridine rings is 1. The highest BCUT2D eigenvalue weighted by Gasteiger charge is 2.33. The molecule has 3 rings (SSSR count). The number of hydrogen-bond donors (Lipinski definition) is 1. The van der Waals surface area contributed by atoms with E-state index >= 15 is 0 Å². The maximum atomic E-state index is 12.6. The normalized spacial score (nSPS) is 13.7. The lowest BCUT2D eigenvalue weighted by atomic mass is 10.2. The second-order valence-corrected chi connectivity index (χ2v) is 6.83. The average molecular weight is 330 g/mol. The molecule has 0 saturated heterocycles. The van der Waals surface area contributed by atoms with Gasteiger partial charge in [-0.2, -0.15) is 0 Å². The molecule has 1 saturated carbocycles. The predicted molar refractivity (Wildman–Crippen MR) is 88.7 cm³/mol. The van der Waals surface area contributed by atoms with Crippen LogP contribution in [0, 0.1) is 6.92 Å². The lowest BCUT2D eigenvalue weighted by Gasteiger charge is -2.22. The van der Waals surface area contributed by atoms with E-state index < -0.39 is 0 Å². The van der Waals surface area contributed by atoms with Crippen LogP contribution in [0.2, 0.25) is 0 Å². The van der Waals surface area contributed by atoms with Gasteiger partial charge in [0.25, 0.3) is 0 Å². The third kappa shape index (κ3) is 3.73. The van der Waals surface area contributed by atoms with Gasteiger partial charge in [0, 0.05) is 36.8 Å². The number of anilines is 1. The highest BCUT2D eigenvalue weighted by molar-refractivity contribution is 7.16. The number of rotatable bonds is 5. The highest BCUT2D eigenvalue weighted by Crippen LogP contribution is 2.30. The quantitative estimate of drug-likeness (QED) is 0.854. The molecule has 0 radical (unpaired) electrons. The molecule has 0 bridgehead atoms. The maximum Gasteiger partial charge on any atom is 0.324 e. The van der Waals surface area contributed by atoms with Gasteiger partial charge in [-0.15, -0.1) is 11.3 Å². The Morgan fingerprint density at radius 2 is 2.04 bits per heavy atom.